The van der Waals surface area contributed by atoms with Gasteiger partial charge in [0, 0.05) is 6.20 Å². The van der Waals surface area contributed by atoms with Crippen molar-refractivity contribution in [2.24, 2.45) is 0 Å². The molecule has 0 unspecified atom stereocenters. The molecule has 7 nitrogen and oxygen atoms in total. The molecule has 0 atom stereocenters. The van der Waals surface area contributed by atoms with E-state index in [1.165, 1.54) is 7.11 Å². The zero-order chi connectivity index (χ0) is 20.9. The number of carbonyl (C=O) groups excluding carboxylic acids is 2. The number of alkyl halides is 3. The number of hydrazine groups is 1. The highest BCUT2D eigenvalue weighted by atomic mass is 35.5. The van der Waals surface area contributed by atoms with Crippen LogP contribution in [0.2, 0.25) is 5.02 Å². The number of amides is 2. The number of halogens is 4. The summed E-state index contributed by atoms with van der Waals surface area (Å²) in [5, 5.41) is -0.675. The molecule has 1 aromatic carbocycles. The number of hydrogen-bond acceptors (Lipinski definition) is 4. The summed E-state index contributed by atoms with van der Waals surface area (Å²) in [5.74, 6) is -0.851. The topological polar surface area (TPSA) is 89.4 Å². The van der Waals surface area contributed by atoms with E-state index in [1.54, 1.807) is 24.3 Å². The van der Waals surface area contributed by atoms with Gasteiger partial charge in [-0.05, 0) is 23.8 Å². The van der Waals surface area contributed by atoms with Crippen LogP contribution in [-0.4, -0.2) is 23.5 Å². The fourth-order valence-electron chi connectivity index (χ4n) is 2.18. The van der Waals surface area contributed by atoms with E-state index in [0.717, 1.165) is 0 Å². The number of nitrogens with one attached hydrogen (secondary N) is 2. The van der Waals surface area contributed by atoms with Crippen LogP contribution in [0.15, 0.2) is 41.3 Å². The number of nitrogens with zero attached hydrogens (tertiary/aromatic N) is 1. The van der Waals surface area contributed by atoms with Crippen molar-refractivity contribution < 1.29 is 27.5 Å². The average molecular weight is 418 g/mol. The summed E-state index contributed by atoms with van der Waals surface area (Å²) < 4.78 is 43.9. The van der Waals surface area contributed by atoms with Gasteiger partial charge < -0.3 is 9.30 Å². The third kappa shape index (κ3) is 5.74. The number of methoxy groups -OCH3 is 1. The Bertz CT molecular complexity index is 927. The lowest BCUT2D eigenvalue weighted by Gasteiger charge is -2.12. The van der Waals surface area contributed by atoms with Crippen molar-refractivity contribution in [3.8, 4) is 5.75 Å². The minimum absolute atomic E-state index is 0.0559. The molecular formula is C17H15ClF3N3O4. The van der Waals surface area contributed by atoms with Gasteiger partial charge in [0.25, 0.3) is 11.5 Å². The highest BCUT2D eigenvalue weighted by Crippen LogP contribution is 2.29. The molecule has 0 saturated heterocycles. The first-order chi connectivity index (χ1) is 13.1. The first-order valence-corrected chi connectivity index (χ1v) is 8.15. The molecule has 0 aliphatic carbocycles. The Labute approximate surface area is 162 Å². The van der Waals surface area contributed by atoms with E-state index in [9.17, 15) is 27.6 Å². The Morgan fingerprint density at radius 3 is 2.32 bits per heavy atom. The molecule has 1 heterocycles. The van der Waals surface area contributed by atoms with Crippen molar-refractivity contribution in [3.05, 3.63) is 63.0 Å². The molecule has 2 rings (SSSR count). The fraction of sp³-hybridized carbons (Fsp3) is 0.235. The molecular weight excluding hydrogens is 403 g/mol. The van der Waals surface area contributed by atoms with Gasteiger partial charge in [-0.1, -0.05) is 23.7 Å². The van der Waals surface area contributed by atoms with Crippen LogP contribution < -0.4 is 21.1 Å². The van der Waals surface area contributed by atoms with Crippen LogP contribution in [-0.2, 0) is 28.7 Å². The third-order valence-corrected chi connectivity index (χ3v) is 3.82. The Balaban J connectivity index is 1.95. The normalized spacial score (nSPS) is 11.0. The van der Waals surface area contributed by atoms with Crippen LogP contribution in [0.3, 0.4) is 0 Å². The maximum atomic E-state index is 12.8. The van der Waals surface area contributed by atoms with E-state index in [1.807, 2.05) is 5.43 Å². The molecule has 11 heteroatoms. The summed E-state index contributed by atoms with van der Waals surface area (Å²) in [5.41, 5.74) is 2.66. The van der Waals surface area contributed by atoms with Crippen LogP contribution in [0.5, 0.6) is 5.75 Å². The van der Waals surface area contributed by atoms with Gasteiger partial charge in [0.2, 0.25) is 5.91 Å². The lowest BCUT2D eigenvalue weighted by Crippen LogP contribution is -2.44. The van der Waals surface area contributed by atoms with Gasteiger partial charge >= 0.3 is 6.18 Å². The molecule has 0 aliphatic rings. The monoisotopic (exact) mass is 417 g/mol. The number of hydrogen-bond donors (Lipinski definition) is 2. The van der Waals surface area contributed by atoms with E-state index in [4.69, 9.17) is 16.3 Å². The van der Waals surface area contributed by atoms with E-state index in [2.05, 4.69) is 5.43 Å². The van der Waals surface area contributed by atoms with Crippen LogP contribution >= 0.6 is 11.6 Å². The average Bonchev–Trinajstić information content (AvgIpc) is 2.63. The van der Waals surface area contributed by atoms with Gasteiger partial charge in [-0.15, -0.1) is 0 Å². The first kappa shape index (κ1) is 21.3. The summed E-state index contributed by atoms with van der Waals surface area (Å²) in [6.45, 7) is -0.759. The molecule has 0 spiro atoms. The quantitative estimate of drug-likeness (QED) is 0.727. The Kier molecular flexibility index (Phi) is 6.68. The lowest BCUT2D eigenvalue weighted by molar-refractivity contribution is -0.138. The molecule has 2 aromatic rings. The number of aromatic nitrogens is 1. The van der Waals surface area contributed by atoms with E-state index < -0.39 is 40.7 Å². The number of rotatable bonds is 5. The van der Waals surface area contributed by atoms with Gasteiger partial charge in [0.05, 0.1) is 19.1 Å². The van der Waals surface area contributed by atoms with E-state index >= 15 is 0 Å². The summed E-state index contributed by atoms with van der Waals surface area (Å²) >= 11 is 5.50. The number of benzene rings is 1. The summed E-state index contributed by atoms with van der Waals surface area (Å²) in [7, 11) is 1.50. The molecule has 2 N–H and O–H groups in total. The second kappa shape index (κ2) is 8.79. The second-order valence-corrected chi connectivity index (χ2v) is 6.04. The molecule has 28 heavy (non-hydrogen) atoms. The molecule has 0 radical (unpaired) electrons. The Hall–Kier alpha value is -3.01. The summed E-state index contributed by atoms with van der Waals surface area (Å²) in [4.78, 5) is 35.5. The van der Waals surface area contributed by atoms with Crippen molar-refractivity contribution >= 4 is 23.4 Å². The van der Waals surface area contributed by atoms with Crippen LogP contribution in [0, 0.1) is 0 Å². The first-order valence-electron chi connectivity index (χ1n) is 7.78. The smallest absolute Gasteiger partial charge is 0.417 e. The van der Waals surface area contributed by atoms with Gasteiger partial charge in [-0.25, -0.2) is 0 Å². The molecule has 0 fully saturated rings. The largest absolute Gasteiger partial charge is 0.497 e. The minimum Gasteiger partial charge on any atom is -0.497 e. The number of carbonyl (C=O) groups is 2. The minimum atomic E-state index is -4.73. The van der Waals surface area contributed by atoms with Crippen molar-refractivity contribution in [3.63, 3.8) is 0 Å². The highest BCUT2D eigenvalue weighted by molar-refractivity contribution is 6.30. The van der Waals surface area contributed by atoms with Crippen LogP contribution in [0.4, 0.5) is 13.2 Å². The predicted octanol–water partition coefficient (Wildman–Crippen LogP) is 1.92. The molecule has 150 valence electrons. The van der Waals surface area contributed by atoms with Gasteiger partial charge in [-0.3, -0.25) is 25.2 Å². The third-order valence-electron chi connectivity index (χ3n) is 3.55. The maximum Gasteiger partial charge on any atom is 0.417 e. The van der Waals surface area contributed by atoms with Crippen molar-refractivity contribution in [1.29, 1.82) is 0 Å². The summed E-state index contributed by atoms with van der Waals surface area (Å²) in [6.07, 6.45) is -4.31. The zero-order valence-electron chi connectivity index (χ0n) is 14.5. The molecule has 0 aliphatic heterocycles. The molecule has 1 aromatic heterocycles. The molecule has 0 saturated carbocycles. The zero-order valence-corrected chi connectivity index (χ0v) is 15.2. The second-order valence-electron chi connectivity index (χ2n) is 5.63. The fourth-order valence-corrected chi connectivity index (χ4v) is 2.40. The van der Waals surface area contributed by atoms with E-state index in [0.29, 0.717) is 28.1 Å². The van der Waals surface area contributed by atoms with E-state index in [-0.39, 0.29) is 6.42 Å². The van der Waals surface area contributed by atoms with Crippen LogP contribution in [0.1, 0.15) is 11.1 Å². The van der Waals surface area contributed by atoms with Gasteiger partial charge in [0.15, 0.2) is 0 Å². The maximum absolute atomic E-state index is 12.8. The summed E-state index contributed by atoms with van der Waals surface area (Å²) in [6, 6.07) is 7.11. The molecule has 2 amide bonds. The number of ether oxygens (including phenoxy) is 1. The predicted molar refractivity (Wildman–Crippen MR) is 93.7 cm³/mol. The standard InChI is InChI=1S/C17H15ClF3N3O4/c1-28-12-4-2-10(3-5-12)6-14(25)22-23-15(26)9-24-8-11(17(19,20)21)7-13(18)16(24)27/h2-5,7-8H,6,9H2,1H3,(H,22,25)(H,23,26). The lowest BCUT2D eigenvalue weighted by atomic mass is 10.1. The SMILES string of the molecule is COc1ccc(CC(=O)NNC(=O)Cn2cc(C(F)(F)F)cc(Cl)c2=O)cc1. The Morgan fingerprint density at radius 1 is 1.14 bits per heavy atom. The van der Waals surface area contributed by atoms with Gasteiger partial charge in [0.1, 0.15) is 17.3 Å². The van der Waals surface area contributed by atoms with Crippen molar-refractivity contribution in [2.75, 3.05) is 7.11 Å². The van der Waals surface area contributed by atoms with Crippen LogP contribution in [0.25, 0.3) is 0 Å². The van der Waals surface area contributed by atoms with Gasteiger partial charge in [-0.2, -0.15) is 13.2 Å². The van der Waals surface area contributed by atoms with Crippen molar-refractivity contribution in [2.45, 2.75) is 19.1 Å². The van der Waals surface area contributed by atoms with Crippen molar-refractivity contribution in [1.82, 2.24) is 15.4 Å². The Morgan fingerprint density at radius 2 is 1.75 bits per heavy atom. The number of pyridine rings is 1. The molecule has 0 bridgehead atoms. The highest BCUT2D eigenvalue weighted by Gasteiger charge is 2.32.